The van der Waals surface area contributed by atoms with Gasteiger partial charge in [-0.2, -0.15) is 0 Å². The number of rotatable bonds is 3. The predicted octanol–water partition coefficient (Wildman–Crippen LogP) is 3.42. The van der Waals surface area contributed by atoms with Crippen LogP contribution < -0.4 is 5.32 Å². The van der Waals surface area contributed by atoms with Gasteiger partial charge in [-0.3, -0.25) is 4.79 Å². The van der Waals surface area contributed by atoms with Crippen LogP contribution in [-0.4, -0.2) is 37.0 Å². The van der Waals surface area contributed by atoms with Crippen molar-refractivity contribution in [2.24, 2.45) is 0 Å². The number of carbonyl (C=O) groups excluding carboxylic acids is 1. The van der Waals surface area contributed by atoms with Crippen molar-refractivity contribution in [1.82, 2.24) is 10.2 Å². The molecule has 1 aliphatic rings. The maximum absolute atomic E-state index is 13.2. The van der Waals surface area contributed by atoms with Gasteiger partial charge in [0.15, 0.2) is 0 Å². The molecule has 1 aromatic carbocycles. The minimum atomic E-state index is -0.276. The number of hydrogen-bond donors (Lipinski definition) is 1. The van der Waals surface area contributed by atoms with Gasteiger partial charge in [-0.15, -0.1) is 11.3 Å². The van der Waals surface area contributed by atoms with Crippen molar-refractivity contribution in [3.63, 3.8) is 0 Å². The van der Waals surface area contributed by atoms with E-state index in [-0.39, 0.29) is 17.8 Å². The third-order valence-corrected chi connectivity index (χ3v) is 5.17. The van der Waals surface area contributed by atoms with E-state index in [9.17, 15) is 9.18 Å². The van der Waals surface area contributed by atoms with Crippen molar-refractivity contribution < 1.29 is 9.18 Å². The van der Waals surface area contributed by atoms with Crippen LogP contribution in [0.3, 0.4) is 0 Å². The number of thiophene rings is 1. The Kier molecular flexibility index (Phi) is 4.27. The van der Waals surface area contributed by atoms with Gasteiger partial charge in [0.05, 0.1) is 4.88 Å². The third kappa shape index (κ3) is 3.20. The molecule has 116 valence electrons. The molecule has 0 radical (unpaired) electrons. The standard InChI is InChI=1S/C17H19FN2OS/c1-11(12-5-7-20(2)8-6-12)19-17(21)16-10-13-9-14(18)3-4-15(13)22-16/h3-5,9-11H,6-8H2,1-2H3,(H,19,21)/t11-/m1/s1. The van der Waals surface area contributed by atoms with Crippen molar-refractivity contribution in [2.45, 2.75) is 19.4 Å². The minimum Gasteiger partial charge on any atom is -0.345 e. The van der Waals surface area contributed by atoms with Gasteiger partial charge in [0, 0.05) is 23.8 Å². The van der Waals surface area contributed by atoms with Crippen LogP contribution in [0.15, 0.2) is 35.9 Å². The average Bonchev–Trinajstić information content (AvgIpc) is 2.91. The number of likely N-dealkylation sites (N-methyl/N-ethyl adjacent to an activating group) is 1. The van der Waals surface area contributed by atoms with Gasteiger partial charge < -0.3 is 10.2 Å². The van der Waals surface area contributed by atoms with E-state index in [0.29, 0.717) is 4.88 Å². The van der Waals surface area contributed by atoms with Crippen LogP contribution in [0.1, 0.15) is 23.0 Å². The molecule has 3 rings (SSSR count). The van der Waals surface area contributed by atoms with E-state index >= 15 is 0 Å². The van der Waals surface area contributed by atoms with Gasteiger partial charge in [-0.25, -0.2) is 4.39 Å². The lowest BCUT2D eigenvalue weighted by Crippen LogP contribution is -2.36. The number of nitrogens with zero attached hydrogens (tertiary/aromatic N) is 1. The maximum atomic E-state index is 13.2. The number of benzene rings is 1. The Morgan fingerprint density at radius 1 is 1.41 bits per heavy atom. The first-order chi connectivity index (χ1) is 10.5. The molecule has 5 heteroatoms. The molecule has 0 unspecified atom stereocenters. The normalized spacial score (nSPS) is 17.3. The van der Waals surface area contributed by atoms with Gasteiger partial charge in [0.25, 0.3) is 5.91 Å². The monoisotopic (exact) mass is 318 g/mol. The molecule has 0 spiro atoms. The van der Waals surface area contributed by atoms with E-state index in [4.69, 9.17) is 0 Å². The zero-order chi connectivity index (χ0) is 15.7. The quantitative estimate of drug-likeness (QED) is 0.880. The number of hydrogen-bond acceptors (Lipinski definition) is 3. The van der Waals surface area contributed by atoms with Gasteiger partial charge >= 0.3 is 0 Å². The Balaban J connectivity index is 1.72. The summed E-state index contributed by atoms with van der Waals surface area (Å²) in [4.78, 5) is 15.3. The molecule has 3 nitrogen and oxygen atoms in total. The average molecular weight is 318 g/mol. The second-order valence-electron chi connectivity index (χ2n) is 5.78. The highest BCUT2D eigenvalue weighted by molar-refractivity contribution is 7.20. The zero-order valence-electron chi connectivity index (χ0n) is 12.7. The van der Waals surface area contributed by atoms with Crippen LogP contribution in [0.5, 0.6) is 0 Å². The summed E-state index contributed by atoms with van der Waals surface area (Å²) < 4.78 is 14.2. The first-order valence-corrected chi connectivity index (χ1v) is 8.22. The fraction of sp³-hybridized carbons (Fsp3) is 0.353. The highest BCUT2D eigenvalue weighted by Gasteiger charge is 2.18. The molecule has 0 saturated heterocycles. The van der Waals surface area contributed by atoms with E-state index in [1.54, 1.807) is 12.1 Å². The van der Waals surface area contributed by atoms with E-state index < -0.39 is 0 Å². The third-order valence-electron chi connectivity index (χ3n) is 4.05. The van der Waals surface area contributed by atoms with Crippen LogP contribution in [0, 0.1) is 5.82 Å². The molecule has 22 heavy (non-hydrogen) atoms. The lowest BCUT2D eigenvalue weighted by Gasteiger charge is -2.25. The zero-order valence-corrected chi connectivity index (χ0v) is 13.5. The van der Waals surface area contributed by atoms with Crippen molar-refractivity contribution in [1.29, 1.82) is 0 Å². The van der Waals surface area contributed by atoms with Crippen LogP contribution in [0.2, 0.25) is 0 Å². The Morgan fingerprint density at radius 2 is 2.23 bits per heavy atom. The molecule has 0 aliphatic carbocycles. The van der Waals surface area contributed by atoms with Crippen molar-refractivity contribution in [3.05, 3.63) is 46.6 Å². The summed E-state index contributed by atoms with van der Waals surface area (Å²) >= 11 is 1.40. The summed E-state index contributed by atoms with van der Waals surface area (Å²) in [6, 6.07) is 6.39. The topological polar surface area (TPSA) is 32.3 Å². The second-order valence-corrected chi connectivity index (χ2v) is 6.86. The summed E-state index contributed by atoms with van der Waals surface area (Å²) in [6.45, 7) is 3.97. The Bertz CT molecular complexity index is 737. The Morgan fingerprint density at radius 3 is 2.95 bits per heavy atom. The van der Waals surface area contributed by atoms with E-state index in [1.165, 1.54) is 29.0 Å². The number of amides is 1. The lowest BCUT2D eigenvalue weighted by molar-refractivity contribution is 0.0948. The molecule has 1 aliphatic heterocycles. The largest absolute Gasteiger partial charge is 0.345 e. The van der Waals surface area contributed by atoms with Gasteiger partial charge in [0.2, 0.25) is 0 Å². The van der Waals surface area contributed by atoms with Crippen molar-refractivity contribution in [2.75, 3.05) is 20.1 Å². The van der Waals surface area contributed by atoms with E-state index in [0.717, 1.165) is 29.6 Å². The van der Waals surface area contributed by atoms with Gasteiger partial charge in [0.1, 0.15) is 5.82 Å². The first kappa shape index (κ1) is 15.2. The summed E-state index contributed by atoms with van der Waals surface area (Å²) in [6.07, 6.45) is 3.17. The minimum absolute atomic E-state index is 0.0307. The fourth-order valence-corrected chi connectivity index (χ4v) is 3.61. The second kappa shape index (κ2) is 6.18. The summed E-state index contributed by atoms with van der Waals surface area (Å²) in [5.41, 5.74) is 1.28. The summed E-state index contributed by atoms with van der Waals surface area (Å²) in [5.74, 6) is -0.365. The molecule has 0 saturated carbocycles. The molecule has 1 atom stereocenters. The smallest absolute Gasteiger partial charge is 0.261 e. The Labute approximate surface area is 133 Å². The van der Waals surface area contributed by atoms with Gasteiger partial charge in [-0.1, -0.05) is 6.08 Å². The summed E-state index contributed by atoms with van der Waals surface area (Å²) in [5, 5.41) is 3.83. The van der Waals surface area contributed by atoms with Crippen LogP contribution in [-0.2, 0) is 0 Å². The number of fused-ring (bicyclic) bond motifs is 1. The summed E-state index contributed by atoms with van der Waals surface area (Å²) in [7, 11) is 2.09. The Hall–Kier alpha value is -1.72. The first-order valence-electron chi connectivity index (χ1n) is 7.40. The van der Waals surface area contributed by atoms with Crippen LogP contribution in [0.4, 0.5) is 4.39 Å². The molecular weight excluding hydrogens is 299 g/mol. The van der Waals surface area contributed by atoms with Crippen molar-refractivity contribution in [3.8, 4) is 0 Å². The molecule has 1 amide bonds. The molecule has 1 N–H and O–H groups in total. The number of halogens is 1. The van der Waals surface area contributed by atoms with Gasteiger partial charge in [-0.05, 0) is 55.6 Å². The van der Waals surface area contributed by atoms with E-state index in [1.807, 2.05) is 6.92 Å². The SMILES string of the molecule is C[C@@H](NC(=O)c1cc2cc(F)ccc2s1)C1=CCN(C)CC1. The highest BCUT2D eigenvalue weighted by atomic mass is 32.1. The lowest BCUT2D eigenvalue weighted by atomic mass is 10.0. The van der Waals surface area contributed by atoms with Crippen LogP contribution >= 0.6 is 11.3 Å². The van der Waals surface area contributed by atoms with E-state index in [2.05, 4.69) is 23.3 Å². The highest BCUT2D eigenvalue weighted by Crippen LogP contribution is 2.26. The van der Waals surface area contributed by atoms with Crippen molar-refractivity contribution >= 4 is 27.3 Å². The maximum Gasteiger partial charge on any atom is 0.261 e. The molecule has 2 heterocycles. The molecule has 2 aromatic rings. The molecular formula is C17H19FN2OS. The van der Waals surface area contributed by atoms with Crippen LogP contribution in [0.25, 0.3) is 10.1 Å². The number of nitrogens with one attached hydrogen (secondary N) is 1. The fourth-order valence-electron chi connectivity index (χ4n) is 2.67. The number of carbonyl (C=O) groups is 1. The molecule has 0 bridgehead atoms. The molecule has 0 fully saturated rings. The molecule has 1 aromatic heterocycles. The predicted molar refractivity (Wildman–Crippen MR) is 88.9 cm³/mol.